The van der Waals surface area contributed by atoms with Crippen LogP contribution < -0.4 is 5.73 Å². The van der Waals surface area contributed by atoms with Crippen LogP contribution in [0.5, 0.6) is 0 Å². The summed E-state index contributed by atoms with van der Waals surface area (Å²) in [5.74, 6) is -1.52. The molecule has 0 heterocycles. The summed E-state index contributed by atoms with van der Waals surface area (Å²) >= 11 is 0. The zero-order valence-electron chi connectivity index (χ0n) is 8.60. The summed E-state index contributed by atoms with van der Waals surface area (Å²) in [6, 6.07) is 4.29. The molecule has 0 saturated heterocycles. The number of benzene rings is 1. The number of nitrogens with two attached hydrogens (primary N) is 1. The van der Waals surface area contributed by atoms with Gasteiger partial charge in [-0.15, -0.1) is 0 Å². The van der Waals surface area contributed by atoms with Gasteiger partial charge >= 0.3 is 0 Å². The normalized spacial score (nSPS) is 19.4. The fourth-order valence-corrected chi connectivity index (χ4v) is 2.32. The molecule has 1 aliphatic rings. The highest BCUT2D eigenvalue weighted by Crippen LogP contribution is 2.31. The van der Waals surface area contributed by atoms with Crippen LogP contribution in [0.15, 0.2) is 18.2 Å². The van der Waals surface area contributed by atoms with Crippen molar-refractivity contribution < 1.29 is 8.78 Å². The maximum atomic E-state index is 13.4. The van der Waals surface area contributed by atoms with Gasteiger partial charge in [0.1, 0.15) is 0 Å². The second kappa shape index (κ2) is 3.89. The van der Waals surface area contributed by atoms with Crippen LogP contribution in [0.3, 0.4) is 0 Å². The summed E-state index contributed by atoms with van der Waals surface area (Å²) in [6.07, 6.45) is 4.43. The first-order valence-electron chi connectivity index (χ1n) is 5.32. The van der Waals surface area contributed by atoms with Gasteiger partial charge in [-0.3, -0.25) is 0 Å². The van der Waals surface area contributed by atoms with E-state index in [4.69, 9.17) is 5.73 Å². The maximum Gasteiger partial charge on any atom is 0.162 e. The van der Waals surface area contributed by atoms with Gasteiger partial charge in [-0.25, -0.2) is 8.78 Å². The lowest BCUT2D eigenvalue weighted by Gasteiger charge is -2.23. The van der Waals surface area contributed by atoms with Crippen molar-refractivity contribution in [2.45, 2.75) is 37.6 Å². The molecule has 0 spiro atoms. The zero-order valence-corrected chi connectivity index (χ0v) is 8.60. The molecule has 1 fully saturated rings. The SMILES string of the molecule is NC1(Cc2cccc(F)c2F)CCCC1. The van der Waals surface area contributed by atoms with Gasteiger partial charge in [0.25, 0.3) is 0 Å². The molecule has 0 aliphatic heterocycles. The third kappa shape index (κ3) is 2.17. The summed E-state index contributed by atoms with van der Waals surface area (Å²) in [5.41, 5.74) is 6.20. The molecule has 1 saturated carbocycles. The first-order valence-corrected chi connectivity index (χ1v) is 5.32. The van der Waals surface area contributed by atoms with Crippen LogP contribution in [-0.4, -0.2) is 5.54 Å². The third-order valence-corrected chi connectivity index (χ3v) is 3.17. The molecule has 0 radical (unpaired) electrons. The van der Waals surface area contributed by atoms with E-state index in [2.05, 4.69) is 0 Å². The van der Waals surface area contributed by atoms with E-state index in [0.717, 1.165) is 31.7 Å². The second-order valence-electron chi connectivity index (χ2n) is 4.46. The monoisotopic (exact) mass is 211 g/mol. The van der Waals surface area contributed by atoms with Crippen molar-refractivity contribution in [3.05, 3.63) is 35.4 Å². The van der Waals surface area contributed by atoms with Gasteiger partial charge in [0.2, 0.25) is 0 Å². The van der Waals surface area contributed by atoms with Crippen LogP contribution in [0, 0.1) is 11.6 Å². The number of rotatable bonds is 2. The molecule has 0 atom stereocenters. The van der Waals surface area contributed by atoms with Gasteiger partial charge in [0.15, 0.2) is 11.6 Å². The van der Waals surface area contributed by atoms with Gasteiger partial charge in [0.05, 0.1) is 0 Å². The minimum Gasteiger partial charge on any atom is -0.325 e. The number of hydrogen-bond donors (Lipinski definition) is 1. The molecular formula is C12H15F2N. The Kier molecular flexibility index (Phi) is 2.74. The van der Waals surface area contributed by atoms with Crippen molar-refractivity contribution in [3.8, 4) is 0 Å². The lowest BCUT2D eigenvalue weighted by molar-refractivity contribution is 0.418. The average molecular weight is 211 g/mol. The summed E-state index contributed by atoms with van der Waals surface area (Å²) < 4.78 is 26.4. The predicted molar refractivity (Wildman–Crippen MR) is 55.4 cm³/mol. The Hall–Kier alpha value is -0.960. The fourth-order valence-electron chi connectivity index (χ4n) is 2.32. The molecule has 1 aromatic carbocycles. The largest absolute Gasteiger partial charge is 0.325 e. The maximum absolute atomic E-state index is 13.4. The highest BCUT2D eigenvalue weighted by molar-refractivity contribution is 5.21. The average Bonchev–Trinajstić information content (AvgIpc) is 2.60. The molecule has 1 aliphatic carbocycles. The first kappa shape index (κ1) is 10.6. The van der Waals surface area contributed by atoms with E-state index in [1.807, 2.05) is 0 Å². The molecule has 3 heteroatoms. The molecule has 0 unspecified atom stereocenters. The van der Waals surface area contributed by atoms with Crippen LogP contribution in [0.25, 0.3) is 0 Å². The van der Waals surface area contributed by atoms with Crippen molar-refractivity contribution in [2.75, 3.05) is 0 Å². The van der Waals surface area contributed by atoms with E-state index in [0.29, 0.717) is 12.0 Å². The van der Waals surface area contributed by atoms with Crippen molar-refractivity contribution in [3.63, 3.8) is 0 Å². The Morgan fingerprint density at radius 3 is 2.53 bits per heavy atom. The van der Waals surface area contributed by atoms with Gasteiger partial charge in [0, 0.05) is 5.54 Å². The molecule has 15 heavy (non-hydrogen) atoms. The van der Waals surface area contributed by atoms with Gasteiger partial charge in [-0.05, 0) is 30.9 Å². The fraction of sp³-hybridized carbons (Fsp3) is 0.500. The van der Waals surface area contributed by atoms with Gasteiger partial charge in [-0.1, -0.05) is 25.0 Å². The van der Waals surface area contributed by atoms with Crippen LogP contribution in [0.4, 0.5) is 8.78 Å². The van der Waals surface area contributed by atoms with E-state index >= 15 is 0 Å². The van der Waals surface area contributed by atoms with Gasteiger partial charge in [-0.2, -0.15) is 0 Å². The topological polar surface area (TPSA) is 26.0 Å². The van der Waals surface area contributed by atoms with Crippen molar-refractivity contribution in [1.29, 1.82) is 0 Å². The number of hydrogen-bond acceptors (Lipinski definition) is 1. The standard InChI is InChI=1S/C12H15F2N/c13-10-5-3-4-9(11(10)14)8-12(15)6-1-2-7-12/h3-5H,1-2,6-8,15H2. The Morgan fingerprint density at radius 2 is 1.87 bits per heavy atom. The summed E-state index contributed by atoms with van der Waals surface area (Å²) in [5, 5.41) is 0. The molecule has 0 amide bonds. The molecule has 2 rings (SSSR count). The molecule has 0 bridgehead atoms. The smallest absolute Gasteiger partial charge is 0.162 e. The van der Waals surface area contributed by atoms with E-state index in [9.17, 15) is 8.78 Å². The number of halogens is 2. The van der Waals surface area contributed by atoms with Gasteiger partial charge < -0.3 is 5.73 Å². The first-order chi connectivity index (χ1) is 7.11. The Labute approximate surface area is 88.3 Å². The van der Waals surface area contributed by atoms with Crippen molar-refractivity contribution >= 4 is 0 Å². The molecule has 0 aromatic heterocycles. The van der Waals surface area contributed by atoms with E-state index in [1.54, 1.807) is 6.07 Å². The van der Waals surface area contributed by atoms with E-state index < -0.39 is 11.6 Å². The lowest BCUT2D eigenvalue weighted by Crippen LogP contribution is -2.39. The molecular weight excluding hydrogens is 196 g/mol. The third-order valence-electron chi connectivity index (χ3n) is 3.17. The molecule has 1 aromatic rings. The second-order valence-corrected chi connectivity index (χ2v) is 4.46. The van der Waals surface area contributed by atoms with E-state index in [-0.39, 0.29) is 5.54 Å². The van der Waals surface area contributed by atoms with Crippen LogP contribution in [0.2, 0.25) is 0 Å². The zero-order chi connectivity index (χ0) is 10.9. The Balaban J connectivity index is 2.20. The van der Waals surface area contributed by atoms with Crippen molar-refractivity contribution in [1.82, 2.24) is 0 Å². The molecule has 1 nitrogen and oxygen atoms in total. The predicted octanol–water partition coefficient (Wildman–Crippen LogP) is 2.78. The summed E-state index contributed by atoms with van der Waals surface area (Å²) in [7, 11) is 0. The van der Waals surface area contributed by atoms with E-state index in [1.165, 1.54) is 6.07 Å². The lowest BCUT2D eigenvalue weighted by atomic mass is 9.90. The minimum atomic E-state index is -0.783. The summed E-state index contributed by atoms with van der Waals surface area (Å²) in [6.45, 7) is 0. The van der Waals surface area contributed by atoms with Crippen molar-refractivity contribution in [2.24, 2.45) is 5.73 Å². The summed E-state index contributed by atoms with van der Waals surface area (Å²) in [4.78, 5) is 0. The van der Waals surface area contributed by atoms with Crippen LogP contribution >= 0.6 is 0 Å². The highest BCUT2D eigenvalue weighted by atomic mass is 19.2. The highest BCUT2D eigenvalue weighted by Gasteiger charge is 2.30. The van der Waals surface area contributed by atoms with Crippen LogP contribution in [-0.2, 0) is 6.42 Å². The quantitative estimate of drug-likeness (QED) is 0.799. The Morgan fingerprint density at radius 1 is 1.20 bits per heavy atom. The molecule has 2 N–H and O–H groups in total. The minimum absolute atomic E-state index is 0.325. The van der Waals surface area contributed by atoms with Crippen LogP contribution in [0.1, 0.15) is 31.2 Å². The Bertz CT molecular complexity index is 357. The molecule has 82 valence electrons.